The van der Waals surface area contributed by atoms with Gasteiger partial charge in [-0.3, -0.25) is 0 Å². The van der Waals surface area contributed by atoms with Crippen LogP contribution in [0.2, 0.25) is 0 Å². The highest BCUT2D eigenvalue weighted by atomic mass is 16.3. The number of furan rings is 1. The topological polar surface area (TPSA) is 30.2 Å². The third-order valence-electron chi connectivity index (χ3n) is 1.20. The quantitative estimate of drug-likeness (QED) is 0.560. The van der Waals surface area contributed by atoms with Crippen LogP contribution in [-0.2, 0) is 4.79 Å². The Hall–Kier alpha value is -1.05. The molecule has 0 aliphatic heterocycles. The molecule has 0 N–H and O–H groups in total. The molecule has 1 rings (SSSR count). The zero-order valence-electron chi connectivity index (χ0n) is 5.20. The Kier molecular flexibility index (Phi) is 1.68. The van der Waals surface area contributed by atoms with Crippen molar-refractivity contribution in [2.24, 2.45) is 0 Å². The van der Waals surface area contributed by atoms with Crippen molar-refractivity contribution in [2.75, 3.05) is 0 Å². The van der Waals surface area contributed by atoms with Gasteiger partial charge in [0.25, 0.3) is 0 Å². The summed E-state index contributed by atoms with van der Waals surface area (Å²) in [6.45, 7) is 1.80. The van der Waals surface area contributed by atoms with Gasteiger partial charge in [0.1, 0.15) is 12.0 Å². The summed E-state index contributed by atoms with van der Waals surface area (Å²) in [6.07, 6.45) is 2.42. The van der Waals surface area contributed by atoms with Crippen LogP contribution < -0.4 is 0 Å². The van der Waals surface area contributed by atoms with Gasteiger partial charge in [-0.1, -0.05) is 0 Å². The van der Waals surface area contributed by atoms with Gasteiger partial charge in [-0.2, -0.15) is 0 Å². The molecule has 48 valence electrons. The molecular weight excluding hydrogens is 116 g/mol. The molecule has 0 aromatic carbocycles. The van der Waals surface area contributed by atoms with Crippen molar-refractivity contribution in [1.29, 1.82) is 0 Å². The van der Waals surface area contributed by atoms with E-state index in [2.05, 4.69) is 0 Å². The van der Waals surface area contributed by atoms with Crippen LogP contribution in [0.4, 0.5) is 0 Å². The number of carbonyl (C=O) groups excluding carboxylic acids is 1. The standard InChI is InChI=1S/C7H8O2/c1-6(5-8)7-3-2-4-9-7/h2-6H,1H3/t6-/m1/s1. The van der Waals surface area contributed by atoms with Crippen LogP contribution in [0.1, 0.15) is 18.6 Å². The maximum Gasteiger partial charge on any atom is 0.130 e. The summed E-state index contributed by atoms with van der Waals surface area (Å²) in [5.41, 5.74) is 0. The first-order chi connectivity index (χ1) is 4.34. The van der Waals surface area contributed by atoms with Crippen LogP contribution in [0.15, 0.2) is 22.8 Å². The molecule has 0 aliphatic rings. The number of aldehydes is 1. The summed E-state index contributed by atoms with van der Waals surface area (Å²) in [4.78, 5) is 10.1. The normalized spacial score (nSPS) is 13.0. The maximum absolute atomic E-state index is 10.1. The highest BCUT2D eigenvalue weighted by molar-refractivity contribution is 5.59. The Morgan fingerprint density at radius 3 is 3.00 bits per heavy atom. The van der Waals surface area contributed by atoms with Gasteiger partial charge in [-0.25, -0.2) is 0 Å². The zero-order valence-corrected chi connectivity index (χ0v) is 5.20. The van der Waals surface area contributed by atoms with E-state index in [1.165, 1.54) is 0 Å². The minimum Gasteiger partial charge on any atom is -0.469 e. The van der Waals surface area contributed by atoms with E-state index in [0.29, 0.717) is 0 Å². The summed E-state index contributed by atoms with van der Waals surface area (Å²) >= 11 is 0. The van der Waals surface area contributed by atoms with Crippen molar-refractivity contribution in [3.8, 4) is 0 Å². The fourth-order valence-corrected chi connectivity index (χ4v) is 0.617. The molecule has 0 fully saturated rings. The summed E-state index contributed by atoms with van der Waals surface area (Å²) in [5.74, 6) is 0.616. The first-order valence-corrected chi connectivity index (χ1v) is 2.83. The van der Waals surface area contributed by atoms with E-state index in [0.717, 1.165) is 12.0 Å². The van der Waals surface area contributed by atoms with Crippen molar-refractivity contribution in [1.82, 2.24) is 0 Å². The second-order valence-corrected chi connectivity index (χ2v) is 1.94. The molecule has 0 aliphatic carbocycles. The van der Waals surface area contributed by atoms with Gasteiger partial charge in [0.2, 0.25) is 0 Å². The molecule has 0 saturated carbocycles. The average Bonchev–Trinajstić information content (AvgIpc) is 2.37. The lowest BCUT2D eigenvalue weighted by atomic mass is 10.1. The fourth-order valence-electron chi connectivity index (χ4n) is 0.617. The SMILES string of the molecule is C[C@H](C=O)c1ccco1. The van der Waals surface area contributed by atoms with E-state index in [4.69, 9.17) is 4.42 Å². The van der Waals surface area contributed by atoms with Crippen LogP contribution in [0.5, 0.6) is 0 Å². The van der Waals surface area contributed by atoms with E-state index in [-0.39, 0.29) is 5.92 Å². The van der Waals surface area contributed by atoms with Gasteiger partial charge < -0.3 is 9.21 Å². The Bertz CT molecular complexity index is 177. The predicted octanol–water partition coefficient (Wildman–Crippen LogP) is 1.58. The second kappa shape index (κ2) is 2.49. The minimum absolute atomic E-state index is 0.111. The van der Waals surface area contributed by atoms with Crippen LogP contribution >= 0.6 is 0 Å². The minimum atomic E-state index is -0.111. The first-order valence-electron chi connectivity index (χ1n) is 2.83. The van der Waals surface area contributed by atoms with Crippen molar-refractivity contribution in [3.05, 3.63) is 24.2 Å². The van der Waals surface area contributed by atoms with E-state index in [1.54, 1.807) is 25.3 Å². The smallest absolute Gasteiger partial charge is 0.130 e. The maximum atomic E-state index is 10.1. The molecule has 0 saturated heterocycles. The van der Waals surface area contributed by atoms with Crippen LogP contribution in [0.3, 0.4) is 0 Å². The molecule has 2 nitrogen and oxygen atoms in total. The molecule has 2 heteroatoms. The summed E-state index contributed by atoms with van der Waals surface area (Å²) < 4.78 is 4.95. The summed E-state index contributed by atoms with van der Waals surface area (Å²) in [6, 6.07) is 3.56. The number of rotatable bonds is 2. The molecular formula is C7H8O2. The van der Waals surface area contributed by atoms with E-state index >= 15 is 0 Å². The summed E-state index contributed by atoms with van der Waals surface area (Å²) in [5, 5.41) is 0. The molecule has 1 aromatic rings. The van der Waals surface area contributed by atoms with Gasteiger partial charge in [-0.15, -0.1) is 0 Å². The van der Waals surface area contributed by atoms with E-state index in [9.17, 15) is 4.79 Å². The number of hydrogen-bond donors (Lipinski definition) is 0. The van der Waals surface area contributed by atoms with Crippen molar-refractivity contribution in [2.45, 2.75) is 12.8 Å². The Morgan fingerprint density at radius 2 is 2.56 bits per heavy atom. The van der Waals surface area contributed by atoms with Crippen molar-refractivity contribution >= 4 is 6.29 Å². The van der Waals surface area contributed by atoms with E-state index in [1.807, 2.05) is 0 Å². The lowest BCUT2D eigenvalue weighted by Crippen LogP contribution is -1.89. The van der Waals surface area contributed by atoms with Gasteiger partial charge >= 0.3 is 0 Å². The molecule has 1 aromatic heterocycles. The third kappa shape index (κ3) is 1.19. The largest absolute Gasteiger partial charge is 0.469 e. The van der Waals surface area contributed by atoms with Gasteiger partial charge in [0.05, 0.1) is 12.2 Å². The monoisotopic (exact) mass is 124 g/mol. The highest BCUT2D eigenvalue weighted by Crippen LogP contribution is 2.11. The molecule has 0 radical (unpaired) electrons. The Balaban J connectivity index is 2.76. The molecule has 0 unspecified atom stereocenters. The van der Waals surface area contributed by atoms with Crippen LogP contribution in [0, 0.1) is 0 Å². The van der Waals surface area contributed by atoms with Crippen molar-refractivity contribution < 1.29 is 9.21 Å². The zero-order chi connectivity index (χ0) is 6.69. The molecule has 0 spiro atoms. The Labute approximate surface area is 53.5 Å². The molecule has 9 heavy (non-hydrogen) atoms. The lowest BCUT2D eigenvalue weighted by Gasteiger charge is -1.93. The Morgan fingerprint density at radius 1 is 1.78 bits per heavy atom. The summed E-state index contributed by atoms with van der Waals surface area (Å²) in [7, 11) is 0. The van der Waals surface area contributed by atoms with Gasteiger partial charge in [0, 0.05) is 0 Å². The third-order valence-corrected chi connectivity index (χ3v) is 1.20. The van der Waals surface area contributed by atoms with Crippen LogP contribution in [0.25, 0.3) is 0 Å². The van der Waals surface area contributed by atoms with Gasteiger partial charge in [0.15, 0.2) is 0 Å². The molecule has 1 atom stereocenters. The van der Waals surface area contributed by atoms with Gasteiger partial charge in [-0.05, 0) is 19.1 Å². The predicted molar refractivity (Wildman–Crippen MR) is 33.2 cm³/mol. The second-order valence-electron chi connectivity index (χ2n) is 1.94. The lowest BCUT2D eigenvalue weighted by molar-refractivity contribution is -0.109. The molecule has 0 bridgehead atoms. The first kappa shape index (κ1) is 6.08. The molecule has 0 amide bonds. The molecule has 1 heterocycles. The average molecular weight is 124 g/mol. The van der Waals surface area contributed by atoms with E-state index < -0.39 is 0 Å². The number of hydrogen-bond acceptors (Lipinski definition) is 2. The van der Waals surface area contributed by atoms with Crippen molar-refractivity contribution in [3.63, 3.8) is 0 Å². The number of carbonyl (C=O) groups is 1. The highest BCUT2D eigenvalue weighted by Gasteiger charge is 2.03. The fraction of sp³-hybridized carbons (Fsp3) is 0.286. The van der Waals surface area contributed by atoms with Crippen LogP contribution in [-0.4, -0.2) is 6.29 Å².